The molecule has 0 aliphatic carbocycles. The quantitative estimate of drug-likeness (QED) is 0.741. The molecule has 0 saturated heterocycles. The van der Waals surface area contributed by atoms with Gasteiger partial charge >= 0.3 is 0 Å². The molecule has 0 aliphatic rings. The summed E-state index contributed by atoms with van der Waals surface area (Å²) in [6, 6.07) is 7.38. The molecule has 0 unspecified atom stereocenters. The zero-order valence-electron chi connectivity index (χ0n) is 10.3. The van der Waals surface area contributed by atoms with Crippen LogP contribution in [-0.2, 0) is 0 Å². The van der Waals surface area contributed by atoms with Crippen molar-refractivity contribution in [3.8, 4) is 5.75 Å². The smallest absolute Gasteiger partial charge is 0.255 e. The zero-order chi connectivity index (χ0) is 15.0. The second kappa shape index (κ2) is 5.48. The maximum absolute atomic E-state index is 12.2. The van der Waals surface area contributed by atoms with Crippen LogP contribution >= 0.6 is 34.9 Å². The molecule has 3 aromatic rings. The van der Waals surface area contributed by atoms with E-state index >= 15 is 0 Å². The first kappa shape index (κ1) is 14.1. The van der Waals surface area contributed by atoms with E-state index in [0.717, 1.165) is 11.7 Å². The summed E-state index contributed by atoms with van der Waals surface area (Å²) in [6.07, 6.45) is 0. The molecule has 0 atom stereocenters. The van der Waals surface area contributed by atoms with Crippen molar-refractivity contribution < 1.29 is 9.90 Å². The van der Waals surface area contributed by atoms with Crippen LogP contribution in [-0.4, -0.2) is 19.8 Å². The number of benzene rings is 2. The number of amides is 1. The van der Waals surface area contributed by atoms with Crippen LogP contribution in [0.4, 0.5) is 5.69 Å². The summed E-state index contributed by atoms with van der Waals surface area (Å²) in [5.74, 6) is -0.282. The lowest BCUT2D eigenvalue weighted by Crippen LogP contribution is -2.12. The van der Waals surface area contributed by atoms with Crippen molar-refractivity contribution in [3.63, 3.8) is 0 Å². The average molecular weight is 340 g/mol. The highest BCUT2D eigenvalue weighted by Crippen LogP contribution is 2.35. The Morgan fingerprint density at radius 3 is 2.48 bits per heavy atom. The Morgan fingerprint density at radius 2 is 1.76 bits per heavy atom. The zero-order valence-corrected chi connectivity index (χ0v) is 12.6. The second-order valence-corrected chi connectivity index (χ2v) is 5.52. The summed E-state index contributed by atoms with van der Waals surface area (Å²) in [4.78, 5) is 12.2. The van der Waals surface area contributed by atoms with Crippen molar-refractivity contribution in [3.05, 3.63) is 45.9 Å². The van der Waals surface area contributed by atoms with Crippen LogP contribution in [0.5, 0.6) is 5.75 Å². The van der Waals surface area contributed by atoms with Gasteiger partial charge in [0.2, 0.25) is 0 Å². The second-order valence-electron chi connectivity index (χ2n) is 4.18. The molecule has 0 fully saturated rings. The molecule has 0 saturated carbocycles. The topological polar surface area (TPSA) is 75.1 Å². The lowest BCUT2D eigenvalue weighted by molar-refractivity contribution is 0.102. The molecule has 8 heteroatoms. The standard InChI is InChI=1S/C13H7Cl2N3O2S/c14-8-5-9(15)11-12(18-21-17-11)10(8)16-13(20)6-1-3-7(19)4-2-6/h1-5,19H,(H,16,20). The Hall–Kier alpha value is -1.89. The number of nitrogens with zero attached hydrogens (tertiary/aromatic N) is 2. The Bertz CT molecular complexity index is 833. The summed E-state index contributed by atoms with van der Waals surface area (Å²) in [6.45, 7) is 0. The molecule has 3 rings (SSSR count). The molecule has 1 aromatic heterocycles. The largest absolute Gasteiger partial charge is 0.508 e. The van der Waals surface area contributed by atoms with Gasteiger partial charge in [0, 0.05) is 5.56 Å². The molecular weight excluding hydrogens is 333 g/mol. The Kier molecular flexibility index (Phi) is 3.67. The van der Waals surface area contributed by atoms with E-state index in [1.165, 1.54) is 30.3 Å². The number of phenolic OH excluding ortho intramolecular Hbond substituents is 1. The van der Waals surface area contributed by atoms with Crippen molar-refractivity contribution in [1.82, 2.24) is 8.75 Å². The van der Waals surface area contributed by atoms with Gasteiger partial charge in [0.15, 0.2) is 0 Å². The van der Waals surface area contributed by atoms with Gasteiger partial charge in [0.1, 0.15) is 16.8 Å². The molecule has 0 spiro atoms. The van der Waals surface area contributed by atoms with Gasteiger partial charge in [-0.25, -0.2) is 0 Å². The highest BCUT2D eigenvalue weighted by molar-refractivity contribution is 7.00. The van der Waals surface area contributed by atoms with Gasteiger partial charge in [-0.3, -0.25) is 4.79 Å². The summed E-state index contributed by atoms with van der Waals surface area (Å²) in [5.41, 5.74) is 1.69. The van der Waals surface area contributed by atoms with E-state index in [-0.39, 0.29) is 16.7 Å². The minimum atomic E-state index is -0.367. The molecule has 0 bridgehead atoms. The molecule has 1 heterocycles. The fourth-order valence-electron chi connectivity index (χ4n) is 1.79. The summed E-state index contributed by atoms with van der Waals surface area (Å²) >= 11 is 13.1. The predicted molar refractivity (Wildman–Crippen MR) is 83.5 cm³/mol. The first-order valence-electron chi connectivity index (χ1n) is 5.77. The van der Waals surface area contributed by atoms with E-state index in [1.807, 2.05) is 0 Å². The van der Waals surface area contributed by atoms with Crippen LogP contribution in [0.1, 0.15) is 10.4 Å². The number of fused-ring (bicyclic) bond motifs is 1. The van der Waals surface area contributed by atoms with Crippen molar-refractivity contribution in [1.29, 1.82) is 0 Å². The maximum Gasteiger partial charge on any atom is 0.255 e. The first-order chi connectivity index (χ1) is 10.1. The summed E-state index contributed by atoms with van der Waals surface area (Å²) < 4.78 is 8.18. The number of halogens is 2. The van der Waals surface area contributed by atoms with Crippen molar-refractivity contribution in [2.24, 2.45) is 0 Å². The highest BCUT2D eigenvalue weighted by atomic mass is 35.5. The fraction of sp³-hybridized carbons (Fsp3) is 0. The van der Waals surface area contributed by atoms with E-state index in [9.17, 15) is 9.90 Å². The van der Waals surface area contributed by atoms with Gasteiger partial charge in [-0.15, -0.1) is 0 Å². The molecule has 2 aromatic carbocycles. The van der Waals surface area contributed by atoms with Crippen LogP contribution in [0, 0.1) is 0 Å². The molecular formula is C13H7Cl2N3O2S. The number of aromatic hydroxyl groups is 1. The number of nitrogens with one attached hydrogen (secondary N) is 1. The normalized spacial score (nSPS) is 10.8. The van der Waals surface area contributed by atoms with Crippen LogP contribution in [0.3, 0.4) is 0 Å². The van der Waals surface area contributed by atoms with Crippen LogP contribution in [0.2, 0.25) is 10.0 Å². The number of carbonyl (C=O) groups is 1. The summed E-state index contributed by atoms with van der Waals surface area (Å²) in [5, 5.41) is 12.6. The molecule has 1 amide bonds. The Morgan fingerprint density at radius 1 is 1.10 bits per heavy atom. The lowest BCUT2D eigenvalue weighted by Gasteiger charge is -2.08. The Balaban J connectivity index is 2.00. The SMILES string of the molecule is O=C(Nc1c(Cl)cc(Cl)c2nsnc12)c1ccc(O)cc1. The van der Waals surface area contributed by atoms with Crippen molar-refractivity contribution in [2.75, 3.05) is 5.32 Å². The third kappa shape index (κ3) is 2.65. The third-order valence-corrected chi connectivity index (χ3v) is 3.93. The van der Waals surface area contributed by atoms with Gasteiger partial charge in [-0.05, 0) is 30.3 Å². The van der Waals surface area contributed by atoms with Crippen LogP contribution in [0.15, 0.2) is 30.3 Å². The van der Waals surface area contributed by atoms with E-state index in [1.54, 1.807) is 0 Å². The first-order valence-corrected chi connectivity index (χ1v) is 7.25. The molecule has 0 aliphatic heterocycles. The van der Waals surface area contributed by atoms with Gasteiger partial charge in [0.25, 0.3) is 5.91 Å². The number of anilines is 1. The third-order valence-electron chi connectivity index (χ3n) is 2.81. The molecule has 2 N–H and O–H groups in total. The van der Waals surface area contributed by atoms with Gasteiger partial charge in [-0.1, -0.05) is 23.2 Å². The average Bonchev–Trinajstić information content (AvgIpc) is 2.93. The van der Waals surface area contributed by atoms with E-state index in [4.69, 9.17) is 23.2 Å². The van der Waals surface area contributed by atoms with Crippen molar-refractivity contribution >= 4 is 57.6 Å². The van der Waals surface area contributed by atoms with Gasteiger partial charge < -0.3 is 10.4 Å². The monoisotopic (exact) mass is 339 g/mol. The number of hydrogen-bond donors (Lipinski definition) is 2. The van der Waals surface area contributed by atoms with Crippen LogP contribution < -0.4 is 5.32 Å². The van der Waals surface area contributed by atoms with E-state index in [0.29, 0.717) is 27.3 Å². The lowest BCUT2D eigenvalue weighted by atomic mass is 10.2. The maximum atomic E-state index is 12.2. The fourth-order valence-corrected chi connectivity index (χ4v) is 2.95. The minimum absolute atomic E-state index is 0.0853. The highest BCUT2D eigenvalue weighted by Gasteiger charge is 2.16. The van der Waals surface area contributed by atoms with Gasteiger partial charge in [0.05, 0.1) is 27.5 Å². The number of rotatable bonds is 2. The Labute approximate surface area is 133 Å². The predicted octanol–water partition coefficient (Wildman–Crippen LogP) is 3.96. The van der Waals surface area contributed by atoms with Crippen molar-refractivity contribution in [2.45, 2.75) is 0 Å². The number of phenols is 1. The molecule has 21 heavy (non-hydrogen) atoms. The van der Waals surface area contributed by atoms with E-state index in [2.05, 4.69) is 14.1 Å². The van der Waals surface area contributed by atoms with E-state index < -0.39 is 0 Å². The number of hydrogen-bond acceptors (Lipinski definition) is 5. The number of aromatic nitrogens is 2. The molecule has 106 valence electrons. The molecule has 5 nitrogen and oxygen atoms in total. The van der Waals surface area contributed by atoms with Gasteiger partial charge in [-0.2, -0.15) is 8.75 Å². The minimum Gasteiger partial charge on any atom is -0.508 e. The molecule has 0 radical (unpaired) electrons. The van der Waals surface area contributed by atoms with Crippen LogP contribution in [0.25, 0.3) is 11.0 Å². The summed E-state index contributed by atoms with van der Waals surface area (Å²) in [7, 11) is 0. The number of carbonyl (C=O) groups excluding carboxylic acids is 1.